The molecule has 154 valence electrons. The molecule has 0 N–H and O–H groups in total. The lowest BCUT2D eigenvalue weighted by atomic mass is 9.74. The van der Waals surface area contributed by atoms with Crippen LogP contribution < -0.4 is 0 Å². The molecule has 0 aliphatic heterocycles. The van der Waals surface area contributed by atoms with Crippen molar-refractivity contribution in [3.05, 3.63) is 52.9 Å². The van der Waals surface area contributed by atoms with Crippen LogP contribution in [-0.4, -0.2) is 0 Å². The molecule has 0 atom stereocenters. The van der Waals surface area contributed by atoms with Crippen LogP contribution in [0.15, 0.2) is 29.9 Å². The van der Waals surface area contributed by atoms with Crippen LogP contribution in [0.2, 0.25) is 0 Å². The van der Waals surface area contributed by atoms with Crippen LogP contribution in [-0.2, 0) is 0 Å². The summed E-state index contributed by atoms with van der Waals surface area (Å²) in [6.07, 6.45) is 19.3. The van der Waals surface area contributed by atoms with Gasteiger partial charge in [-0.3, -0.25) is 0 Å². The van der Waals surface area contributed by atoms with Crippen LogP contribution in [0.3, 0.4) is 0 Å². The smallest absolute Gasteiger partial charge is 0.194 e. The molecule has 0 saturated heterocycles. The minimum absolute atomic E-state index is 0.457. The van der Waals surface area contributed by atoms with Crippen molar-refractivity contribution in [2.45, 2.75) is 84.0 Å². The van der Waals surface area contributed by atoms with Crippen LogP contribution >= 0.6 is 0 Å². The van der Waals surface area contributed by atoms with Crippen LogP contribution in [0.5, 0.6) is 0 Å². The molecule has 3 rings (SSSR count). The third-order valence-electron chi connectivity index (χ3n) is 6.62. The Bertz CT molecular complexity index is 685. The predicted octanol–water partition coefficient (Wildman–Crippen LogP) is 8.37. The van der Waals surface area contributed by atoms with E-state index in [1.807, 2.05) is 6.08 Å². The first-order valence-corrected chi connectivity index (χ1v) is 11.1. The molecule has 0 unspecified atom stereocenters. The zero-order chi connectivity index (χ0) is 19.9. The van der Waals surface area contributed by atoms with E-state index in [9.17, 15) is 13.2 Å². The van der Waals surface area contributed by atoms with Crippen molar-refractivity contribution in [2.24, 2.45) is 11.8 Å². The van der Waals surface area contributed by atoms with E-state index in [0.29, 0.717) is 11.5 Å². The Hall–Kier alpha value is -1.51. The third-order valence-corrected chi connectivity index (χ3v) is 6.62. The van der Waals surface area contributed by atoms with Crippen LogP contribution in [0, 0.1) is 29.3 Å². The maximum Gasteiger partial charge on any atom is 0.194 e. The summed E-state index contributed by atoms with van der Waals surface area (Å²) in [4.78, 5) is 0. The van der Waals surface area contributed by atoms with Gasteiger partial charge in [-0.05, 0) is 73.6 Å². The van der Waals surface area contributed by atoms with E-state index in [0.717, 1.165) is 36.5 Å². The van der Waals surface area contributed by atoms with Crippen LogP contribution in [0.25, 0.3) is 5.57 Å². The first kappa shape index (κ1) is 21.2. The lowest BCUT2D eigenvalue weighted by molar-refractivity contribution is 0.278. The number of unbranched alkanes of at least 4 members (excludes halogenated alkanes) is 4. The maximum atomic E-state index is 13.5. The van der Waals surface area contributed by atoms with E-state index in [-0.39, 0.29) is 0 Å². The molecule has 0 amide bonds. The molecule has 1 fully saturated rings. The van der Waals surface area contributed by atoms with Crippen molar-refractivity contribution in [2.75, 3.05) is 0 Å². The normalized spacial score (nSPS) is 22.7. The lowest BCUT2D eigenvalue weighted by Gasteiger charge is -2.31. The van der Waals surface area contributed by atoms with Crippen molar-refractivity contribution < 1.29 is 13.2 Å². The molecule has 2 aliphatic carbocycles. The van der Waals surface area contributed by atoms with E-state index in [4.69, 9.17) is 0 Å². The molecule has 1 saturated carbocycles. The number of hydrogen-bond acceptors (Lipinski definition) is 0. The first-order chi connectivity index (χ1) is 13.6. The van der Waals surface area contributed by atoms with Crippen molar-refractivity contribution in [1.29, 1.82) is 0 Å². The Labute approximate surface area is 167 Å². The van der Waals surface area contributed by atoms with E-state index in [2.05, 4.69) is 13.0 Å². The summed E-state index contributed by atoms with van der Waals surface area (Å²) in [6, 6.07) is 2.21. The average molecular weight is 391 g/mol. The highest BCUT2D eigenvalue weighted by Crippen LogP contribution is 2.40. The Morgan fingerprint density at radius 2 is 1.50 bits per heavy atom. The fourth-order valence-corrected chi connectivity index (χ4v) is 4.83. The highest BCUT2D eigenvalue weighted by atomic mass is 19.2. The molecule has 0 aromatic heterocycles. The second-order valence-electron chi connectivity index (χ2n) is 8.61. The number of benzene rings is 1. The summed E-state index contributed by atoms with van der Waals surface area (Å²) >= 11 is 0. The van der Waals surface area contributed by atoms with E-state index in [1.54, 1.807) is 0 Å². The second kappa shape index (κ2) is 10.3. The zero-order valence-corrected chi connectivity index (χ0v) is 17.1. The molecular formula is C25H33F3. The SMILES string of the molecule is CCCCCCCC1CCC(C2=CC=C(c3cc(F)c(F)c(F)c3)CC2)CC1. The first-order valence-electron chi connectivity index (χ1n) is 11.1. The van der Waals surface area contributed by atoms with Gasteiger partial charge in [-0.25, -0.2) is 13.2 Å². The van der Waals surface area contributed by atoms with E-state index in [1.165, 1.54) is 69.8 Å². The average Bonchev–Trinajstić information content (AvgIpc) is 2.72. The minimum atomic E-state index is -1.39. The zero-order valence-electron chi connectivity index (χ0n) is 17.1. The fourth-order valence-electron chi connectivity index (χ4n) is 4.83. The molecule has 1 aromatic rings. The van der Waals surface area contributed by atoms with Crippen molar-refractivity contribution in [3.8, 4) is 0 Å². The van der Waals surface area contributed by atoms with Gasteiger partial charge in [-0.1, -0.05) is 63.2 Å². The van der Waals surface area contributed by atoms with Crippen LogP contribution in [0.1, 0.15) is 89.5 Å². The van der Waals surface area contributed by atoms with E-state index >= 15 is 0 Å². The van der Waals surface area contributed by atoms with Gasteiger partial charge in [0.25, 0.3) is 0 Å². The Morgan fingerprint density at radius 3 is 2.11 bits per heavy atom. The number of hydrogen-bond donors (Lipinski definition) is 0. The van der Waals surface area contributed by atoms with Gasteiger partial charge >= 0.3 is 0 Å². The van der Waals surface area contributed by atoms with Crippen LogP contribution in [0.4, 0.5) is 13.2 Å². The summed E-state index contributed by atoms with van der Waals surface area (Å²) in [5.74, 6) is -2.05. The summed E-state index contributed by atoms with van der Waals surface area (Å²) in [5, 5.41) is 0. The van der Waals surface area contributed by atoms with Gasteiger partial charge < -0.3 is 0 Å². The Balaban J connectivity index is 1.50. The van der Waals surface area contributed by atoms with Gasteiger partial charge in [0, 0.05) is 0 Å². The van der Waals surface area contributed by atoms with Gasteiger partial charge in [-0.2, -0.15) is 0 Å². The Kier molecular flexibility index (Phi) is 7.82. The second-order valence-corrected chi connectivity index (χ2v) is 8.61. The van der Waals surface area contributed by atoms with Gasteiger partial charge in [0.05, 0.1) is 0 Å². The minimum Gasteiger partial charge on any atom is -0.204 e. The standard InChI is InChI=1S/C25H33F3/c1-2-3-4-5-6-7-18-8-10-19(11-9-18)20-12-14-21(15-13-20)22-16-23(26)25(28)24(27)17-22/h12,14,16-19H,2-11,13,15H2,1H3. The topological polar surface area (TPSA) is 0 Å². The largest absolute Gasteiger partial charge is 0.204 e. The molecule has 0 radical (unpaired) electrons. The summed E-state index contributed by atoms with van der Waals surface area (Å²) in [6.45, 7) is 2.26. The molecular weight excluding hydrogens is 357 g/mol. The number of allylic oxidation sites excluding steroid dienone is 4. The molecule has 0 nitrogen and oxygen atoms in total. The van der Waals surface area contributed by atoms with Gasteiger partial charge in [0.15, 0.2) is 17.5 Å². The van der Waals surface area contributed by atoms with Gasteiger partial charge in [-0.15, -0.1) is 0 Å². The predicted molar refractivity (Wildman–Crippen MR) is 110 cm³/mol. The summed E-state index contributed by atoms with van der Waals surface area (Å²) < 4.78 is 40.1. The number of halogens is 3. The van der Waals surface area contributed by atoms with E-state index < -0.39 is 17.5 Å². The highest BCUT2D eigenvalue weighted by molar-refractivity contribution is 5.69. The quantitative estimate of drug-likeness (QED) is 0.309. The highest BCUT2D eigenvalue weighted by Gasteiger charge is 2.24. The summed E-state index contributed by atoms with van der Waals surface area (Å²) in [5.41, 5.74) is 2.83. The van der Waals surface area contributed by atoms with Gasteiger partial charge in [0.1, 0.15) is 0 Å². The molecule has 3 heteroatoms. The Morgan fingerprint density at radius 1 is 0.821 bits per heavy atom. The lowest BCUT2D eigenvalue weighted by Crippen LogP contribution is -2.17. The third kappa shape index (κ3) is 5.52. The molecule has 0 spiro atoms. The molecule has 0 bridgehead atoms. The van der Waals surface area contributed by atoms with Crippen molar-refractivity contribution in [1.82, 2.24) is 0 Å². The monoisotopic (exact) mass is 390 g/mol. The maximum absolute atomic E-state index is 13.5. The molecule has 28 heavy (non-hydrogen) atoms. The molecule has 1 aromatic carbocycles. The number of rotatable bonds is 8. The van der Waals surface area contributed by atoms with Crippen molar-refractivity contribution in [3.63, 3.8) is 0 Å². The molecule has 0 heterocycles. The fraction of sp³-hybridized carbons (Fsp3) is 0.600. The van der Waals surface area contributed by atoms with Crippen molar-refractivity contribution >= 4 is 5.57 Å². The van der Waals surface area contributed by atoms with Gasteiger partial charge in [0.2, 0.25) is 0 Å². The molecule has 2 aliphatic rings. The summed E-state index contributed by atoms with van der Waals surface area (Å²) in [7, 11) is 0.